The Morgan fingerprint density at radius 1 is 0.763 bits per heavy atom. The average Bonchev–Trinajstić information content (AvgIpc) is 3.59. The molecule has 0 saturated carbocycles. The molecule has 2 aromatic heterocycles. The molecule has 0 amide bonds. The summed E-state index contributed by atoms with van der Waals surface area (Å²) in [5.74, 6) is 2.63. The minimum absolute atomic E-state index is 0.0153. The molecule has 0 spiro atoms. The lowest BCUT2D eigenvalue weighted by atomic mass is 9.35. The van der Waals surface area contributed by atoms with Gasteiger partial charge in [0.05, 0.1) is 37.3 Å². The zero-order valence-electron chi connectivity index (χ0n) is 27.0. The third-order valence-corrected chi connectivity index (χ3v) is 7.37. The molecule has 4 heterocycles. The first kappa shape index (κ1) is 14.7. The van der Waals surface area contributed by atoms with Crippen molar-refractivity contribution in [2.75, 3.05) is 0 Å². The highest BCUT2D eigenvalue weighted by atomic mass is 16.5. The highest BCUT2D eigenvalue weighted by Crippen LogP contribution is 2.38. The first-order valence-corrected chi connectivity index (χ1v) is 12.3. The van der Waals surface area contributed by atoms with E-state index in [2.05, 4.69) is 0 Å². The second-order valence-corrected chi connectivity index (χ2v) is 9.55. The number of benzene rings is 5. The van der Waals surface area contributed by atoms with E-state index in [-0.39, 0.29) is 64.8 Å². The fourth-order valence-corrected chi connectivity index (χ4v) is 5.81. The second kappa shape index (κ2) is 7.08. The molecule has 0 aliphatic carbocycles. The smallest absolute Gasteiger partial charge is 0.260 e. The lowest BCUT2D eigenvalue weighted by molar-refractivity contribution is 0.464. The quantitative estimate of drug-likeness (QED) is 0.283. The van der Waals surface area contributed by atoms with Crippen molar-refractivity contribution in [3.05, 3.63) is 109 Å². The van der Waals surface area contributed by atoms with Gasteiger partial charge >= 0.3 is 0 Å². The summed E-state index contributed by atoms with van der Waals surface area (Å²) in [6, 6.07) is 17.5. The van der Waals surface area contributed by atoms with Crippen LogP contribution in [-0.4, -0.2) is 20.7 Å². The van der Waals surface area contributed by atoms with E-state index >= 15 is 0 Å². The number of hydrogen-bond donors (Lipinski definition) is 0. The predicted molar refractivity (Wildman–Crippen MR) is 152 cm³/mol. The molecule has 0 bridgehead atoms. The molecule has 0 saturated heterocycles. The van der Waals surface area contributed by atoms with Crippen LogP contribution >= 0.6 is 0 Å². The molecule has 2 aliphatic rings. The molecule has 9 rings (SSSR count). The molecule has 0 fully saturated rings. The maximum absolute atomic E-state index is 8.95. The van der Waals surface area contributed by atoms with Crippen LogP contribution in [0.25, 0.3) is 33.5 Å². The number of hydrogen-bond acceptors (Lipinski definition) is 3. The molecule has 0 radical (unpaired) electrons. The highest BCUT2D eigenvalue weighted by molar-refractivity contribution is 6.98. The number of imidazole rings is 2. The zero-order chi connectivity index (χ0) is 31.0. The van der Waals surface area contributed by atoms with Crippen LogP contribution in [0, 0.1) is 6.92 Å². The number of rotatable bonds is 1. The number of para-hydroxylation sites is 4. The maximum atomic E-state index is 8.95. The monoisotopic (exact) mass is 496 g/mol. The van der Waals surface area contributed by atoms with Crippen molar-refractivity contribution in [2.24, 2.45) is 0 Å². The fraction of sp³-hybridized carbons (Fsp3) is 0.0312. The Hall–Kier alpha value is -4.97. The Labute approximate surface area is 228 Å². The summed E-state index contributed by atoms with van der Waals surface area (Å²) in [5.41, 5.74) is 4.15. The van der Waals surface area contributed by atoms with Crippen molar-refractivity contribution in [1.82, 2.24) is 14.0 Å². The van der Waals surface area contributed by atoms with Crippen molar-refractivity contribution >= 4 is 50.9 Å². The van der Waals surface area contributed by atoms with E-state index in [4.69, 9.17) is 24.1 Å². The molecular formula is C32H20BN3O2. The van der Waals surface area contributed by atoms with Crippen molar-refractivity contribution in [3.8, 4) is 28.7 Å². The maximum Gasteiger partial charge on any atom is 0.260 e. The topological polar surface area (TPSA) is 40.7 Å². The molecule has 7 aromatic rings. The summed E-state index contributed by atoms with van der Waals surface area (Å²) in [5, 5.41) is 0. The van der Waals surface area contributed by atoms with Gasteiger partial charge in [0, 0.05) is 17.6 Å². The Balaban J connectivity index is 1.44. The molecule has 0 N–H and O–H groups in total. The summed E-state index contributed by atoms with van der Waals surface area (Å²) in [7, 11) is 0. The second-order valence-electron chi connectivity index (χ2n) is 9.55. The molecule has 5 aromatic carbocycles. The average molecular weight is 496 g/mol. The van der Waals surface area contributed by atoms with Gasteiger partial charge in [0.1, 0.15) is 23.0 Å². The van der Waals surface area contributed by atoms with Crippen LogP contribution < -0.4 is 25.9 Å². The molecular weight excluding hydrogens is 469 g/mol. The molecule has 38 heavy (non-hydrogen) atoms. The van der Waals surface area contributed by atoms with Gasteiger partial charge in [0.2, 0.25) is 5.78 Å². The van der Waals surface area contributed by atoms with E-state index in [1.54, 1.807) is 11.5 Å². The minimum atomic E-state index is -0.438. The zero-order valence-corrected chi connectivity index (χ0v) is 20.0. The van der Waals surface area contributed by atoms with E-state index in [0.29, 0.717) is 34.2 Å². The molecule has 6 heteroatoms. The normalized spacial score (nSPS) is 15.8. The van der Waals surface area contributed by atoms with E-state index in [1.807, 2.05) is 60.7 Å². The van der Waals surface area contributed by atoms with Crippen LogP contribution in [0.5, 0.6) is 23.0 Å². The van der Waals surface area contributed by atoms with Crippen molar-refractivity contribution in [3.63, 3.8) is 0 Å². The van der Waals surface area contributed by atoms with Crippen LogP contribution in [0.1, 0.15) is 15.2 Å². The van der Waals surface area contributed by atoms with E-state index < -0.39 is 12.1 Å². The number of ether oxygens (including phenoxy) is 2. The van der Waals surface area contributed by atoms with Gasteiger partial charge in [-0.15, -0.1) is 0 Å². The van der Waals surface area contributed by atoms with Crippen LogP contribution in [0.4, 0.5) is 0 Å². The summed E-state index contributed by atoms with van der Waals surface area (Å²) in [6.45, 7) is 1.45. The highest BCUT2D eigenvalue weighted by Gasteiger charge is 2.40. The Bertz CT molecular complexity index is 2440. The number of fused-ring (bicyclic) bond motifs is 9. The van der Waals surface area contributed by atoms with Gasteiger partial charge < -0.3 is 9.47 Å². The molecule has 0 unspecified atom stereocenters. The van der Waals surface area contributed by atoms with Crippen LogP contribution in [-0.2, 0) is 0 Å². The molecule has 178 valence electrons. The molecule has 5 nitrogen and oxygen atoms in total. The van der Waals surface area contributed by atoms with Crippen LogP contribution in [0.3, 0.4) is 0 Å². The number of nitrogens with zero attached hydrogens (tertiary/aromatic N) is 3. The lowest BCUT2D eigenvalue weighted by Crippen LogP contribution is -2.57. The third kappa shape index (κ3) is 2.54. The summed E-state index contributed by atoms with van der Waals surface area (Å²) >= 11 is 0. The minimum Gasteiger partial charge on any atom is -0.458 e. The summed E-state index contributed by atoms with van der Waals surface area (Å²) < 4.78 is 76.8. The Kier molecular flexibility index (Phi) is 2.74. The van der Waals surface area contributed by atoms with Crippen LogP contribution in [0.2, 0.25) is 0 Å². The van der Waals surface area contributed by atoms with Gasteiger partial charge in [-0.25, -0.2) is 4.98 Å². The van der Waals surface area contributed by atoms with Gasteiger partial charge in [0.25, 0.3) is 6.71 Å². The van der Waals surface area contributed by atoms with Gasteiger partial charge in [0.15, 0.2) is 0 Å². The standard InChI is InChI=1S/C32H20BN3O2/c1-19-14-15-24-23(16-19)34-32-35(25-10-4-5-11-26(25)36(24)32)20-17-29-31-30(18-20)38-28-13-7-3-9-22(28)33(31)21-8-2-6-12-27(21)37-29/h2-18H,1H3/i4D,5D,10D,11D,14D,15D,16D. The van der Waals surface area contributed by atoms with E-state index in [1.165, 1.54) is 4.40 Å². The Morgan fingerprint density at radius 2 is 1.42 bits per heavy atom. The van der Waals surface area contributed by atoms with Crippen molar-refractivity contribution in [2.45, 2.75) is 6.92 Å². The van der Waals surface area contributed by atoms with Gasteiger partial charge in [-0.3, -0.25) is 8.97 Å². The summed E-state index contributed by atoms with van der Waals surface area (Å²) in [4.78, 5) is 4.77. The lowest BCUT2D eigenvalue weighted by Gasteiger charge is -2.33. The predicted octanol–water partition coefficient (Wildman–Crippen LogP) is 5.47. The van der Waals surface area contributed by atoms with E-state index in [0.717, 1.165) is 16.4 Å². The van der Waals surface area contributed by atoms with Gasteiger partial charge in [-0.1, -0.05) is 54.5 Å². The Morgan fingerprint density at radius 3 is 2.13 bits per heavy atom. The largest absolute Gasteiger partial charge is 0.458 e. The van der Waals surface area contributed by atoms with Gasteiger partial charge in [-0.2, -0.15) is 0 Å². The van der Waals surface area contributed by atoms with Gasteiger partial charge in [-0.05, 0) is 59.7 Å². The van der Waals surface area contributed by atoms with Crippen LogP contribution in [0.15, 0.2) is 103 Å². The first-order chi connectivity index (χ1) is 21.7. The van der Waals surface area contributed by atoms with Crippen molar-refractivity contribution in [1.29, 1.82) is 0 Å². The fourth-order valence-electron chi connectivity index (χ4n) is 5.81. The third-order valence-electron chi connectivity index (χ3n) is 7.37. The summed E-state index contributed by atoms with van der Waals surface area (Å²) in [6.07, 6.45) is 0. The number of aromatic nitrogens is 3. The first-order valence-electron chi connectivity index (χ1n) is 15.8. The molecule has 0 atom stereocenters. The molecule has 2 aliphatic heterocycles. The van der Waals surface area contributed by atoms with Crippen molar-refractivity contribution < 1.29 is 19.1 Å². The SMILES string of the molecule is [2H]c1c([2H])c([2H])c2c(c1[2H])n(-c1cc3c4c(c1)Oc1ccccc1B4c1ccccc1O3)c1nc3c([2H])c(C)c([2H])c([2H])c3n21. The van der Waals surface area contributed by atoms with E-state index in [9.17, 15) is 0 Å².